The van der Waals surface area contributed by atoms with Gasteiger partial charge in [-0.25, -0.2) is 4.72 Å². The number of rotatable bonds is 7. The van der Waals surface area contributed by atoms with Crippen LogP contribution in [0.15, 0.2) is 22.8 Å². The van der Waals surface area contributed by atoms with E-state index in [-0.39, 0.29) is 24.5 Å². The van der Waals surface area contributed by atoms with E-state index in [4.69, 9.17) is 9.15 Å². The lowest BCUT2D eigenvalue weighted by atomic mass is 9.99. The maximum absolute atomic E-state index is 12.5. The lowest BCUT2D eigenvalue weighted by molar-refractivity contribution is -0.146. The summed E-state index contributed by atoms with van der Waals surface area (Å²) < 4.78 is 39.1. The molecule has 24 heavy (non-hydrogen) atoms. The number of likely N-dealkylation sites (N-methyl/N-ethyl adjacent to an activating group) is 1. The summed E-state index contributed by atoms with van der Waals surface area (Å²) in [4.78, 5) is 13.4. The van der Waals surface area contributed by atoms with Gasteiger partial charge in [0, 0.05) is 19.6 Å². The maximum Gasteiger partial charge on any atom is 0.308 e. The van der Waals surface area contributed by atoms with Crippen LogP contribution in [0.3, 0.4) is 0 Å². The molecule has 0 spiro atoms. The monoisotopic (exact) mass is 359 g/mol. The number of piperidine rings is 1. The predicted molar refractivity (Wildman–Crippen MR) is 88.4 cm³/mol. The van der Waals surface area contributed by atoms with E-state index in [1.54, 1.807) is 12.3 Å². The van der Waals surface area contributed by atoms with Gasteiger partial charge < -0.3 is 9.15 Å². The molecule has 8 nitrogen and oxygen atoms in total. The summed E-state index contributed by atoms with van der Waals surface area (Å²) >= 11 is 0. The summed E-state index contributed by atoms with van der Waals surface area (Å²) in [7, 11) is 1.48. The Morgan fingerprint density at radius 1 is 1.46 bits per heavy atom. The molecule has 136 valence electrons. The van der Waals surface area contributed by atoms with Gasteiger partial charge in [0.25, 0.3) is 10.2 Å². The molecule has 2 rings (SSSR count). The van der Waals surface area contributed by atoms with Crippen molar-refractivity contribution in [3.63, 3.8) is 0 Å². The van der Waals surface area contributed by atoms with E-state index >= 15 is 0 Å². The van der Waals surface area contributed by atoms with Crippen molar-refractivity contribution in [3.05, 3.63) is 24.2 Å². The maximum atomic E-state index is 12.5. The molecule has 0 aliphatic carbocycles. The molecule has 2 heterocycles. The molecule has 1 aliphatic rings. The lowest BCUT2D eigenvalue weighted by Crippen LogP contribution is -2.47. The van der Waals surface area contributed by atoms with Gasteiger partial charge in [0.15, 0.2) is 0 Å². The third kappa shape index (κ3) is 4.56. The minimum Gasteiger partial charge on any atom is -0.469 e. The Kier molecular flexibility index (Phi) is 6.39. The molecule has 0 bridgehead atoms. The van der Waals surface area contributed by atoms with Crippen LogP contribution in [0.5, 0.6) is 0 Å². The zero-order valence-electron chi connectivity index (χ0n) is 14.3. The lowest BCUT2D eigenvalue weighted by Gasteiger charge is -2.31. The van der Waals surface area contributed by atoms with Crippen LogP contribution >= 0.6 is 0 Å². The molecule has 0 saturated carbocycles. The van der Waals surface area contributed by atoms with Crippen molar-refractivity contribution in [1.29, 1.82) is 0 Å². The van der Waals surface area contributed by atoms with E-state index in [1.165, 1.54) is 11.4 Å². The topological polar surface area (TPSA) is 92.1 Å². The third-order valence-electron chi connectivity index (χ3n) is 4.28. The first-order valence-corrected chi connectivity index (χ1v) is 9.31. The highest BCUT2D eigenvalue weighted by molar-refractivity contribution is 7.87. The number of hydrogen-bond acceptors (Lipinski definition) is 6. The standard InChI is InChI=1S/C15H25N3O5S/c1-17(2)13(14-5-4-10-23-14)11-16-24(20,21)18-8-6-12(7-9-18)15(19)22-3/h4-5,10,12-13,16H,6-9,11H2,1-3H3/t13-/m0/s1. The van der Waals surface area contributed by atoms with Crippen molar-refractivity contribution in [2.24, 2.45) is 5.92 Å². The Bertz CT molecular complexity index is 622. The Hall–Kier alpha value is -1.42. The van der Waals surface area contributed by atoms with E-state index < -0.39 is 10.2 Å². The second kappa shape index (κ2) is 8.11. The van der Waals surface area contributed by atoms with Crippen LogP contribution in [0.1, 0.15) is 24.6 Å². The smallest absolute Gasteiger partial charge is 0.308 e. The summed E-state index contributed by atoms with van der Waals surface area (Å²) in [6.45, 7) is 0.824. The molecule has 9 heteroatoms. The van der Waals surface area contributed by atoms with Crippen LogP contribution in [0.25, 0.3) is 0 Å². The van der Waals surface area contributed by atoms with Gasteiger partial charge in [-0.2, -0.15) is 12.7 Å². The van der Waals surface area contributed by atoms with Gasteiger partial charge >= 0.3 is 5.97 Å². The van der Waals surface area contributed by atoms with Gasteiger partial charge in [-0.1, -0.05) is 0 Å². The van der Waals surface area contributed by atoms with Crippen LogP contribution in [0.2, 0.25) is 0 Å². The highest BCUT2D eigenvalue weighted by atomic mass is 32.2. The predicted octanol–water partition coefficient (Wildman–Crippen LogP) is 0.602. The van der Waals surface area contributed by atoms with Crippen LogP contribution in [-0.4, -0.2) is 64.4 Å². The summed E-state index contributed by atoms with van der Waals surface area (Å²) in [6, 6.07) is 3.40. The minimum absolute atomic E-state index is 0.192. The second-order valence-electron chi connectivity index (χ2n) is 6.04. The van der Waals surface area contributed by atoms with Crippen molar-refractivity contribution in [2.45, 2.75) is 18.9 Å². The first-order valence-electron chi connectivity index (χ1n) is 7.87. The number of hydrogen-bond donors (Lipinski definition) is 1. The molecule has 0 aromatic carbocycles. The van der Waals surface area contributed by atoms with E-state index in [9.17, 15) is 13.2 Å². The van der Waals surface area contributed by atoms with Crippen molar-refractivity contribution in [3.8, 4) is 0 Å². The fourth-order valence-electron chi connectivity index (χ4n) is 2.79. The Labute approximate surface area is 142 Å². The molecule has 0 amide bonds. The van der Waals surface area contributed by atoms with Crippen LogP contribution in [0, 0.1) is 5.92 Å². The van der Waals surface area contributed by atoms with Crippen molar-refractivity contribution < 1.29 is 22.4 Å². The number of esters is 1. The van der Waals surface area contributed by atoms with Crippen molar-refractivity contribution in [1.82, 2.24) is 13.9 Å². The normalized spacial score (nSPS) is 18.7. The third-order valence-corrected chi connectivity index (χ3v) is 5.86. The number of methoxy groups -OCH3 is 1. The van der Waals surface area contributed by atoms with Gasteiger partial charge in [0.1, 0.15) is 5.76 Å². The second-order valence-corrected chi connectivity index (χ2v) is 7.80. The number of ether oxygens (including phenoxy) is 1. The molecular weight excluding hydrogens is 334 g/mol. The largest absolute Gasteiger partial charge is 0.469 e. The Morgan fingerprint density at radius 2 is 2.12 bits per heavy atom. The summed E-state index contributed by atoms with van der Waals surface area (Å²) in [5.41, 5.74) is 0. The van der Waals surface area contributed by atoms with E-state index in [1.807, 2.05) is 25.1 Å². The number of nitrogens with one attached hydrogen (secondary N) is 1. The van der Waals surface area contributed by atoms with E-state index in [2.05, 4.69) is 4.72 Å². The molecule has 0 radical (unpaired) electrons. The van der Waals surface area contributed by atoms with Gasteiger partial charge in [-0.3, -0.25) is 9.69 Å². The molecule has 1 fully saturated rings. The first-order chi connectivity index (χ1) is 11.3. The van der Waals surface area contributed by atoms with Crippen molar-refractivity contribution >= 4 is 16.2 Å². The Morgan fingerprint density at radius 3 is 2.62 bits per heavy atom. The fraction of sp³-hybridized carbons (Fsp3) is 0.667. The van der Waals surface area contributed by atoms with Gasteiger partial charge in [0.05, 0.1) is 25.3 Å². The quantitative estimate of drug-likeness (QED) is 0.717. The average molecular weight is 359 g/mol. The van der Waals surface area contributed by atoms with Crippen LogP contribution in [-0.2, 0) is 19.7 Å². The molecule has 1 aromatic rings. The van der Waals surface area contributed by atoms with E-state index in [0.717, 1.165) is 0 Å². The van der Waals surface area contributed by atoms with Crippen LogP contribution < -0.4 is 4.72 Å². The van der Waals surface area contributed by atoms with Crippen LogP contribution in [0.4, 0.5) is 0 Å². The SMILES string of the molecule is COC(=O)C1CCN(S(=O)(=O)NC[C@@H](c2ccco2)N(C)C)CC1. The first kappa shape index (κ1) is 18.9. The molecule has 1 aliphatic heterocycles. The van der Waals surface area contributed by atoms with Crippen molar-refractivity contribution in [2.75, 3.05) is 40.8 Å². The Balaban J connectivity index is 1.93. The molecule has 1 aromatic heterocycles. The highest BCUT2D eigenvalue weighted by Crippen LogP contribution is 2.21. The minimum atomic E-state index is -3.60. The van der Waals surface area contributed by atoms with E-state index in [0.29, 0.717) is 31.7 Å². The summed E-state index contributed by atoms with van der Waals surface area (Å²) in [5.74, 6) is 0.205. The number of nitrogens with zero attached hydrogens (tertiary/aromatic N) is 2. The fourth-order valence-corrected chi connectivity index (χ4v) is 4.04. The molecule has 1 atom stereocenters. The summed E-state index contributed by atoms with van der Waals surface area (Å²) in [5, 5.41) is 0. The number of furan rings is 1. The highest BCUT2D eigenvalue weighted by Gasteiger charge is 2.32. The average Bonchev–Trinajstić information content (AvgIpc) is 3.08. The number of carbonyl (C=O) groups excluding carboxylic acids is 1. The molecule has 0 unspecified atom stereocenters. The van der Waals surface area contributed by atoms with Gasteiger partial charge in [0.2, 0.25) is 0 Å². The molecule has 1 N–H and O–H groups in total. The summed E-state index contributed by atoms with van der Waals surface area (Å²) in [6.07, 6.45) is 2.52. The van der Waals surface area contributed by atoms with Gasteiger partial charge in [-0.15, -0.1) is 0 Å². The van der Waals surface area contributed by atoms with Gasteiger partial charge in [-0.05, 0) is 39.1 Å². The number of carbonyl (C=O) groups is 1. The zero-order valence-corrected chi connectivity index (χ0v) is 15.1. The molecule has 1 saturated heterocycles. The zero-order chi connectivity index (χ0) is 17.7. The molecular formula is C15H25N3O5S.